The summed E-state index contributed by atoms with van der Waals surface area (Å²) in [5.41, 5.74) is 0.365. The van der Waals surface area contributed by atoms with Crippen LogP contribution >= 0.6 is 0 Å². The minimum atomic E-state index is -0.208. The Labute approximate surface area is 147 Å². The number of aryl methyl sites for hydroxylation is 1. The van der Waals surface area contributed by atoms with Gasteiger partial charge in [0.1, 0.15) is 5.52 Å². The van der Waals surface area contributed by atoms with Crippen molar-refractivity contribution in [1.29, 1.82) is 0 Å². The lowest BCUT2D eigenvalue weighted by molar-refractivity contribution is -0.121. The molecule has 0 aliphatic carbocycles. The van der Waals surface area contributed by atoms with Crippen molar-refractivity contribution in [3.05, 3.63) is 34.6 Å². The van der Waals surface area contributed by atoms with Gasteiger partial charge in [0.25, 0.3) is 5.56 Å². The smallest absolute Gasteiger partial charge is 0.277 e. The van der Waals surface area contributed by atoms with Crippen LogP contribution in [0.3, 0.4) is 0 Å². The zero-order valence-corrected chi connectivity index (χ0v) is 14.6. The van der Waals surface area contributed by atoms with Crippen molar-refractivity contribution in [3.63, 3.8) is 0 Å². The Hall–Kier alpha value is -2.28. The molecule has 2 aromatic rings. The molecule has 0 unspecified atom stereocenters. The molecule has 0 radical (unpaired) electrons. The zero-order chi connectivity index (χ0) is 17.6. The molecule has 1 atom stereocenters. The largest absolute Gasteiger partial charge is 0.355 e. The molecule has 0 spiro atoms. The number of carbonyl (C=O) groups is 1. The molecule has 2 heterocycles. The van der Waals surface area contributed by atoms with Crippen molar-refractivity contribution < 1.29 is 4.79 Å². The predicted molar refractivity (Wildman–Crippen MR) is 96.3 cm³/mol. The molecule has 1 aromatic carbocycles. The van der Waals surface area contributed by atoms with Crippen molar-refractivity contribution in [3.8, 4) is 0 Å². The zero-order valence-electron chi connectivity index (χ0n) is 14.6. The van der Waals surface area contributed by atoms with Gasteiger partial charge in [0, 0.05) is 26.1 Å². The van der Waals surface area contributed by atoms with E-state index >= 15 is 0 Å². The third-order valence-electron chi connectivity index (χ3n) is 4.67. The number of amides is 1. The van der Waals surface area contributed by atoms with Crippen molar-refractivity contribution in [2.45, 2.75) is 32.7 Å². The second kappa shape index (κ2) is 8.20. The highest BCUT2D eigenvalue weighted by Crippen LogP contribution is 2.14. The summed E-state index contributed by atoms with van der Waals surface area (Å²) in [6.07, 6.45) is 2.76. The van der Waals surface area contributed by atoms with E-state index in [-0.39, 0.29) is 24.4 Å². The van der Waals surface area contributed by atoms with Crippen molar-refractivity contribution in [1.82, 2.24) is 25.2 Å². The van der Waals surface area contributed by atoms with E-state index in [0.717, 1.165) is 25.6 Å². The number of piperidine rings is 1. The minimum Gasteiger partial charge on any atom is -0.355 e. The van der Waals surface area contributed by atoms with Gasteiger partial charge in [-0.15, -0.1) is 5.10 Å². The molecular formula is C18H25N5O2. The highest BCUT2D eigenvalue weighted by molar-refractivity contribution is 5.77. The Balaban J connectivity index is 1.46. The van der Waals surface area contributed by atoms with Gasteiger partial charge in [0.05, 0.1) is 11.9 Å². The third kappa shape index (κ3) is 4.63. The van der Waals surface area contributed by atoms with Gasteiger partial charge in [-0.3, -0.25) is 9.59 Å². The van der Waals surface area contributed by atoms with Crippen LogP contribution in [0, 0.1) is 5.92 Å². The Morgan fingerprint density at radius 3 is 3.00 bits per heavy atom. The lowest BCUT2D eigenvalue weighted by Crippen LogP contribution is -2.40. The van der Waals surface area contributed by atoms with Crippen LogP contribution in [0.15, 0.2) is 29.1 Å². The second-order valence-electron chi connectivity index (χ2n) is 6.78. The summed E-state index contributed by atoms with van der Waals surface area (Å²) in [6, 6.07) is 7.09. The average Bonchev–Trinajstić information content (AvgIpc) is 2.61. The first-order valence-electron chi connectivity index (χ1n) is 8.95. The predicted octanol–water partition coefficient (Wildman–Crippen LogP) is 1.03. The number of carbonyl (C=O) groups excluding carboxylic acids is 1. The number of rotatable bonds is 6. The number of aromatic nitrogens is 3. The fraction of sp³-hybridized carbons (Fsp3) is 0.556. The van der Waals surface area contributed by atoms with Gasteiger partial charge in [0.15, 0.2) is 0 Å². The summed E-state index contributed by atoms with van der Waals surface area (Å²) >= 11 is 0. The van der Waals surface area contributed by atoms with Gasteiger partial charge in [0.2, 0.25) is 5.91 Å². The van der Waals surface area contributed by atoms with Crippen LogP contribution in [0.4, 0.5) is 0 Å². The summed E-state index contributed by atoms with van der Waals surface area (Å²) in [6.45, 7) is 6.26. The van der Waals surface area contributed by atoms with Crippen LogP contribution in [0.2, 0.25) is 0 Å². The number of benzene rings is 1. The van der Waals surface area contributed by atoms with E-state index in [4.69, 9.17) is 0 Å². The van der Waals surface area contributed by atoms with Crippen molar-refractivity contribution in [2.24, 2.45) is 5.92 Å². The van der Waals surface area contributed by atoms with Crippen LogP contribution < -0.4 is 10.9 Å². The molecule has 0 saturated carbocycles. The molecule has 134 valence electrons. The van der Waals surface area contributed by atoms with Crippen LogP contribution in [0.25, 0.3) is 10.9 Å². The number of fused-ring (bicyclic) bond motifs is 1. The van der Waals surface area contributed by atoms with E-state index in [1.165, 1.54) is 17.5 Å². The van der Waals surface area contributed by atoms with E-state index in [0.29, 0.717) is 17.4 Å². The van der Waals surface area contributed by atoms with Crippen LogP contribution in [0.5, 0.6) is 0 Å². The van der Waals surface area contributed by atoms with Gasteiger partial charge < -0.3 is 10.2 Å². The first-order valence-corrected chi connectivity index (χ1v) is 8.95. The molecule has 3 rings (SSSR count). The van der Waals surface area contributed by atoms with Gasteiger partial charge in [-0.25, -0.2) is 4.68 Å². The highest BCUT2D eigenvalue weighted by Gasteiger charge is 2.15. The van der Waals surface area contributed by atoms with Crippen LogP contribution in [0.1, 0.15) is 26.2 Å². The lowest BCUT2D eigenvalue weighted by atomic mass is 10.0. The summed E-state index contributed by atoms with van der Waals surface area (Å²) in [7, 11) is 0. The van der Waals surface area contributed by atoms with Gasteiger partial charge in [-0.1, -0.05) is 24.3 Å². The van der Waals surface area contributed by atoms with Gasteiger partial charge in [-0.2, -0.15) is 0 Å². The Bertz CT molecular complexity index is 788. The SMILES string of the molecule is C[C@@H]1CCCN(CCNC(=O)CCn2nnc3ccccc3c2=O)C1. The summed E-state index contributed by atoms with van der Waals surface area (Å²) in [5.74, 6) is 0.676. The van der Waals surface area contributed by atoms with Gasteiger partial charge in [-0.05, 0) is 37.4 Å². The number of nitrogens with one attached hydrogen (secondary N) is 1. The molecule has 0 bridgehead atoms. The molecule has 25 heavy (non-hydrogen) atoms. The van der Waals surface area contributed by atoms with E-state index < -0.39 is 0 Å². The molecule has 1 aliphatic rings. The molecule has 1 fully saturated rings. The van der Waals surface area contributed by atoms with E-state index in [1.54, 1.807) is 18.2 Å². The highest BCUT2D eigenvalue weighted by atomic mass is 16.2. The maximum Gasteiger partial charge on any atom is 0.277 e. The number of likely N-dealkylation sites (tertiary alicyclic amines) is 1. The summed E-state index contributed by atoms with van der Waals surface area (Å²) in [5, 5.41) is 11.4. The standard InChI is InChI=1S/C18H25N5O2/c1-14-5-4-10-22(13-14)12-9-19-17(24)8-11-23-18(25)15-6-2-3-7-16(15)20-21-23/h2-3,6-7,14H,4-5,8-13H2,1H3,(H,19,24)/t14-/m1/s1. The number of hydrogen-bond acceptors (Lipinski definition) is 5. The average molecular weight is 343 g/mol. The number of nitrogens with zero attached hydrogens (tertiary/aromatic N) is 4. The van der Waals surface area contributed by atoms with Crippen LogP contribution in [-0.2, 0) is 11.3 Å². The van der Waals surface area contributed by atoms with Crippen molar-refractivity contribution >= 4 is 16.8 Å². The molecule has 1 aromatic heterocycles. The van der Waals surface area contributed by atoms with Crippen molar-refractivity contribution in [2.75, 3.05) is 26.2 Å². The second-order valence-corrected chi connectivity index (χ2v) is 6.78. The number of hydrogen-bond donors (Lipinski definition) is 1. The van der Waals surface area contributed by atoms with Gasteiger partial charge >= 0.3 is 0 Å². The Morgan fingerprint density at radius 2 is 2.16 bits per heavy atom. The first-order chi connectivity index (χ1) is 12.1. The molecular weight excluding hydrogens is 318 g/mol. The summed E-state index contributed by atoms with van der Waals surface area (Å²) < 4.78 is 1.26. The van der Waals surface area contributed by atoms with E-state index in [9.17, 15) is 9.59 Å². The molecule has 7 heteroatoms. The normalized spacial score (nSPS) is 18.4. The van der Waals surface area contributed by atoms with Crippen LogP contribution in [-0.4, -0.2) is 52.0 Å². The summed E-state index contributed by atoms with van der Waals surface area (Å²) in [4.78, 5) is 26.7. The fourth-order valence-electron chi connectivity index (χ4n) is 3.31. The molecule has 1 aliphatic heterocycles. The molecule has 1 saturated heterocycles. The Kier molecular flexibility index (Phi) is 5.75. The maximum atomic E-state index is 12.3. The monoisotopic (exact) mass is 343 g/mol. The topological polar surface area (TPSA) is 80.1 Å². The first kappa shape index (κ1) is 17.5. The lowest BCUT2D eigenvalue weighted by Gasteiger charge is -2.30. The van der Waals surface area contributed by atoms with E-state index in [1.807, 2.05) is 6.07 Å². The third-order valence-corrected chi connectivity index (χ3v) is 4.67. The fourth-order valence-corrected chi connectivity index (χ4v) is 3.31. The Morgan fingerprint density at radius 1 is 1.32 bits per heavy atom. The maximum absolute atomic E-state index is 12.3. The quantitative estimate of drug-likeness (QED) is 0.847. The van der Waals surface area contributed by atoms with E-state index in [2.05, 4.69) is 27.5 Å². The minimum absolute atomic E-state index is 0.0630. The molecule has 1 N–H and O–H groups in total. The molecule has 7 nitrogen and oxygen atoms in total. The molecule has 1 amide bonds.